The number of para-hydroxylation sites is 2. The van der Waals surface area contributed by atoms with E-state index in [0.717, 1.165) is 56.5 Å². The summed E-state index contributed by atoms with van der Waals surface area (Å²) in [6.45, 7) is 8.50. The Kier molecular flexibility index (Phi) is 5.58. The minimum absolute atomic E-state index is 0.0747. The Labute approximate surface area is 397 Å². The maximum absolute atomic E-state index is 7.07. The predicted molar refractivity (Wildman–Crippen MR) is 285 cm³/mol. The van der Waals surface area contributed by atoms with Crippen LogP contribution < -0.4 is 68.4 Å². The second-order valence-corrected chi connectivity index (χ2v) is 20.9. The molecule has 9 aromatic carbocycles. The van der Waals surface area contributed by atoms with Gasteiger partial charge in [0.2, 0.25) is 0 Å². The summed E-state index contributed by atoms with van der Waals surface area (Å²) in [6.07, 6.45) is 0. The first-order valence-electron chi connectivity index (χ1n) is 24.3. The molecule has 0 spiro atoms. The number of pyridine rings is 2. The first-order chi connectivity index (χ1) is 33.9. The van der Waals surface area contributed by atoms with E-state index in [4.69, 9.17) is 19.4 Å². The molecule has 314 valence electrons. The van der Waals surface area contributed by atoms with Crippen LogP contribution in [0, 0.1) is 27.7 Å². The summed E-state index contributed by atoms with van der Waals surface area (Å²) >= 11 is 0. The summed E-state index contributed by atoms with van der Waals surface area (Å²) in [5.74, 6) is 3.71. The van der Waals surface area contributed by atoms with Crippen LogP contribution in [-0.4, -0.2) is 30.1 Å². The van der Waals surface area contributed by atoms with Crippen molar-refractivity contribution in [2.45, 2.75) is 27.7 Å². The third kappa shape index (κ3) is 3.64. The van der Waals surface area contributed by atoms with Gasteiger partial charge in [0, 0.05) is 44.0 Å². The van der Waals surface area contributed by atoms with E-state index in [0.29, 0.717) is 0 Å². The summed E-state index contributed by atoms with van der Waals surface area (Å²) in [5.41, 5.74) is 30.3. The number of benzene rings is 9. The molecule has 0 fully saturated rings. The lowest BCUT2D eigenvalue weighted by Gasteiger charge is -2.54. The maximum atomic E-state index is 7.07. The van der Waals surface area contributed by atoms with Gasteiger partial charge in [-0.2, -0.15) is 0 Å². The van der Waals surface area contributed by atoms with Gasteiger partial charge in [-0.15, -0.1) is 0 Å². The predicted octanol–water partition coefficient (Wildman–Crippen LogP) is 8.24. The minimum Gasteiger partial charge on any atom is -0.458 e. The lowest BCUT2D eigenvalue weighted by molar-refractivity contribution is 0.487. The van der Waals surface area contributed by atoms with Crippen molar-refractivity contribution in [2.24, 2.45) is 0 Å². The number of hydrogen-bond donors (Lipinski definition) is 0. The molecule has 10 heterocycles. The molecule has 8 aliphatic heterocycles. The van der Waals surface area contributed by atoms with E-state index in [2.05, 4.69) is 165 Å². The molecule has 19 rings (SSSR count). The minimum atomic E-state index is -0.0773. The van der Waals surface area contributed by atoms with Crippen LogP contribution in [0.2, 0.25) is 0 Å². The van der Waals surface area contributed by atoms with E-state index >= 15 is 0 Å². The molecule has 69 heavy (non-hydrogen) atoms. The molecule has 0 amide bonds. The van der Waals surface area contributed by atoms with E-state index in [1.54, 1.807) is 0 Å². The third-order valence-electron chi connectivity index (χ3n) is 17.5. The SMILES string of the molecule is Cc1ccc2c(c1)Oc1ccc3c4c1B2c1cc2c5c6c1N4c1c(ccc4c1c-3nc1c(C)cccc14)B6c1ccc3c4c(nc6c(C)cccc63)-c3ccc6c(c3N5c14)B2c1ccc(C)cc1O6. The number of hydrogen-bond acceptors (Lipinski definition) is 6. The van der Waals surface area contributed by atoms with Gasteiger partial charge in [0.1, 0.15) is 23.0 Å². The van der Waals surface area contributed by atoms with Crippen LogP contribution >= 0.6 is 0 Å². The molecule has 0 N–H and O–H groups in total. The van der Waals surface area contributed by atoms with Crippen LogP contribution in [0.5, 0.6) is 23.0 Å². The third-order valence-corrected chi connectivity index (χ3v) is 17.5. The molecule has 0 atom stereocenters. The van der Waals surface area contributed by atoms with Gasteiger partial charge < -0.3 is 19.3 Å². The molecule has 11 aromatic rings. The van der Waals surface area contributed by atoms with Crippen LogP contribution in [0.1, 0.15) is 22.3 Å². The van der Waals surface area contributed by atoms with Crippen molar-refractivity contribution < 1.29 is 9.47 Å². The van der Waals surface area contributed by atoms with Crippen LogP contribution in [0.3, 0.4) is 0 Å². The highest BCUT2D eigenvalue weighted by atomic mass is 16.5. The highest BCUT2D eigenvalue weighted by Gasteiger charge is 2.57. The lowest BCUT2D eigenvalue weighted by Crippen LogP contribution is -2.72. The van der Waals surface area contributed by atoms with Crippen LogP contribution in [0.15, 0.2) is 127 Å². The van der Waals surface area contributed by atoms with Gasteiger partial charge >= 0.3 is 0 Å². The zero-order chi connectivity index (χ0) is 44.8. The number of nitrogens with zero attached hydrogens (tertiary/aromatic N) is 4. The number of anilines is 6. The van der Waals surface area contributed by atoms with Gasteiger partial charge in [-0.05, 0) is 146 Å². The highest BCUT2D eigenvalue weighted by Crippen LogP contribution is 2.59. The molecule has 9 heteroatoms. The molecule has 0 unspecified atom stereocenters. The average Bonchev–Trinajstić information content (AvgIpc) is 3.36. The van der Waals surface area contributed by atoms with E-state index in [-0.39, 0.29) is 20.1 Å². The monoisotopic (exact) mass is 874 g/mol. The van der Waals surface area contributed by atoms with Crippen LogP contribution in [-0.2, 0) is 0 Å². The number of rotatable bonds is 0. The fraction of sp³-hybridized carbons (Fsp3) is 0.0667. The zero-order valence-electron chi connectivity index (χ0n) is 38.0. The van der Waals surface area contributed by atoms with E-state index < -0.39 is 0 Å². The molecule has 6 nitrogen and oxygen atoms in total. The molecule has 8 aliphatic rings. The molecule has 0 aliphatic carbocycles. The Morgan fingerprint density at radius 3 is 1.33 bits per heavy atom. The van der Waals surface area contributed by atoms with Gasteiger partial charge in [0.15, 0.2) is 0 Å². The Hall–Kier alpha value is -8.29. The topological polar surface area (TPSA) is 50.7 Å². The average molecular weight is 874 g/mol. The maximum Gasteiger partial charge on any atom is 0.256 e. The normalized spacial score (nSPS) is 15.0. The summed E-state index contributed by atoms with van der Waals surface area (Å²) in [4.78, 5) is 16.8. The van der Waals surface area contributed by atoms with E-state index in [1.807, 2.05) is 0 Å². The molecule has 0 radical (unpaired) electrons. The summed E-state index contributed by atoms with van der Waals surface area (Å²) < 4.78 is 14.1. The van der Waals surface area contributed by atoms with Crippen molar-refractivity contribution in [3.8, 4) is 45.5 Å². The quantitative estimate of drug-likeness (QED) is 0.113. The Bertz CT molecular complexity index is 4260. The smallest absolute Gasteiger partial charge is 0.256 e. The number of fused-ring (bicyclic) bond motifs is 14. The van der Waals surface area contributed by atoms with Crippen molar-refractivity contribution in [3.63, 3.8) is 0 Å². The largest absolute Gasteiger partial charge is 0.458 e. The highest BCUT2D eigenvalue weighted by molar-refractivity contribution is 7.07. The molecule has 0 bridgehead atoms. The molecule has 0 saturated carbocycles. The van der Waals surface area contributed by atoms with Crippen molar-refractivity contribution in [2.75, 3.05) is 9.80 Å². The second kappa shape index (κ2) is 11.0. The lowest BCUT2D eigenvalue weighted by atomic mass is 9.25. The van der Waals surface area contributed by atoms with Crippen molar-refractivity contribution in [3.05, 3.63) is 150 Å². The first-order valence-corrected chi connectivity index (χ1v) is 24.3. The van der Waals surface area contributed by atoms with E-state index in [1.165, 1.54) is 138 Å². The van der Waals surface area contributed by atoms with Crippen molar-refractivity contribution in [1.29, 1.82) is 0 Å². The van der Waals surface area contributed by atoms with Gasteiger partial charge in [-0.25, -0.2) is 9.97 Å². The van der Waals surface area contributed by atoms with Gasteiger partial charge in [-0.3, -0.25) is 0 Å². The number of aromatic nitrogens is 2. The van der Waals surface area contributed by atoms with Crippen molar-refractivity contribution in [1.82, 2.24) is 9.97 Å². The van der Waals surface area contributed by atoms with Gasteiger partial charge in [0.25, 0.3) is 20.1 Å². The second-order valence-electron chi connectivity index (χ2n) is 20.9. The Balaban J connectivity index is 1.06. The summed E-state index contributed by atoms with van der Waals surface area (Å²) in [5, 5.41) is 7.33. The van der Waals surface area contributed by atoms with Crippen molar-refractivity contribution >= 4 is 147 Å². The molecular weight excluding hydrogens is 841 g/mol. The summed E-state index contributed by atoms with van der Waals surface area (Å²) in [6, 6.07) is 48.4. The summed E-state index contributed by atoms with van der Waals surface area (Å²) in [7, 11) is 0. The van der Waals surface area contributed by atoms with Crippen LogP contribution in [0.4, 0.5) is 34.1 Å². The van der Waals surface area contributed by atoms with Gasteiger partial charge in [-0.1, -0.05) is 91.0 Å². The van der Waals surface area contributed by atoms with E-state index in [9.17, 15) is 0 Å². The fourth-order valence-electron chi connectivity index (χ4n) is 14.9. The molecular formula is C60H33B3N4O2. The number of ether oxygens (including phenoxy) is 2. The van der Waals surface area contributed by atoms with Crippen LogP contribution in [0.25, 0.3) is 65.9 Å². The first kappa shape index (κ1) is 34.9. The molecule has 2 aromatic heterocycles. The fourth-order valence-corrected chi connectivity index (χ4v) is 14.9. The standard InChI is InChI=1S/C60H33B3N4O2/c1-26-11-17-36-44(23-26)68-42-21-15-34-53-46-30(32-9-5-7-28(3)51(32)64-53)13-19-38-57(46)66-55(34)48(42)61(36)40-25-41-60-50(59(40)66)63(38)39-20-14-31-33-10-6-8-29(4)52(33)65-54-35-16-22-43-49(56(35)67(60)58(39)47(31)54)62(41)37-18-12-27(2)24-45(37)69-43/h5-25H,1-4H3. The zero-order valence-corrected chi connectivity index (χ0v) is 38.0. The van der Waals surface area contributed by atoms with Gasteiger partial charge in [0.05, 0.1) is 45.2 Å². The Morgan fingerprint density at radius 2 is 0.841 bits per heavy atom. The molecule has 0 saturated heterocycles. The number of aryl methyl sites for hydroxylation is 4. The Morgan fingerprint density at radius 1 is 0.377 bits per heavy atom.